The van der Waals surface area contributed by atoms with Gasteiger partial charge in [0.25, 0.3) is 0 Å². The van der Waals surface area contributed by atoms with Crippen LogP contribution in [0.15, 0.2) is 200 Å². The van der Waals surface area contributed by atoms with Crippen molar-refractivity contribution in [1.29, 1.82) is 0 Å². The van der Waals surface area contributed by atoms with Gasteiger partial charge < -0.3 is 14.5 Å². The molecule has 0 saturated heterocycles. The van der Waals surface area contributed by atoms with Gasteiger partial charge in [0.15, 0.2) is 6.29 Å². The molecule has 0 radical (unpaired) electrons. The summed E-state index contributed by atoms with van der Waals surface area (Å²) in [6, 6.07) is 69.0. The second-order valence-corrected chi connectivity index (χ2v) is 14.6. The van der Waals surface area contributed by atoms with Crippen LogP contribution in [-0.2, 0) is 0 Å². The third kappa shape index (κ3) is 5.40. The van der Waals surface area contributed by atoms with Crippen LogP contribution in [0, 0.1) is 0 Å². The molecule has 0 spiro atoms. The molecule has 0 aliphatic heterocycles. The van der Waals surface area contributed by atoms with Crippen LogP contribution in [-0.4, -0.2) is 14.1 Å². The number of hydrogen-bond donors (Lipinski definition) is 2. The van der Waals surface area contributed by atoms with Gasteiger partial charge in [0.05, 0.1) is 22.1 Å². The molecule has 3 heterocycles. The Kier molecular flexibility index (Phi) is 7.73. The first-order chi connectivity index (χ1) is 28.2. The number of pyridine rings is 1. The molecule has 3 aromatic heterocycles. The SMILES string of the molecule is NC(Nc1ncccc1-c1ccc(-c2ccccc2)c2ccccc12)n1c2ccccc2c2cc(-c3ccc4c(c3)c3ccccc3n4-c3ccccc3)ccc21. The summed E-state index contributed by atoms with van der Waals surface area (Å²) in [5.74, 6) is 0.730. The summed E-state index contributed by atoms with van der Waals surface area (Å²) in [6.45, 7) is 0. The number of aromatic nitrogens is 3. The molecule has 0 aliphatic rings. The summed E-state index contributed by atoms with van der Waals surface area (Å²) in [4.78, 5) is 4.87. The van der Waals surface area contributed by atoms with Gasteiger partial charge in [-0.05, 0) is 99.3 Å². The van der Waals surface area contributed by atoms with E-state index >= 15 is 0 Å². The molecule has 1 unspecified atom stereocenters. The molecule has 11 aromatic rings. The van der Waals surface area contributed by atoms with Crippen molar-refractivity contribution in [1.82, 2.24) is 14.1 Å². The normalized spacial score (nSPS) is 12.2. The lowest BCUT2D eigenvalue weighted by atomic mass is 9.92. The summed E-state index contributed by atoms with van der Waals surface area (Å²) in [7, 11) is 0. The Hall–Kier alpha value is -7.47. The fourth-order valence-corrected chi connectivity index (χ4v) is 8.84. The Morgan fingerprint density at radius 2 is 0.930 bits per heavy atom. The first-order valence-corrected chi connectivity index (χ1v) is 19.4. The number of para-hydroxylation sites is 3. The number of nitrogens with one attached hydrogen (secondary N) is 1. The van der Waals surface area contributed by atoms with Gasteiger partial charge in [-0.25, -0.2) is 4.98 Å². The second kappa shape index (κ2) is 13.4. The number of nitrogens with two attached hydrogens (primary N) is 1. The van der Waals surface area contributed by atoms with E-state index in [0.29, 0.717) is 0 Å². The molecule has 11 rings (SSSR count). The van der Waals surface area contributed by atoms with Crippen molar-refractivity contribution in [2.75, 3.05) is 5.32 Å². The summed E-state index contributed by atoms with van der Waals surface area (Å²) < 4.78 is 4.55. The number of anilines is 1. The lowest BCUT2D eigenvalue weighted by Crippen LogP contribution is -2.27. The standard InChI is InChI=1S/C52H37N5/c53-52(55-51-44(22-13-31-54-51)41-28-27-38(34-14-3-1-4-15-34)39-18-7-8-19-40(39)41)57-48-24-12-10-21-43(48)46-33-36(26-30-50(46)57)35-25-29-49-45(32-35)42-20-9-11-23-47(42)56(49)37-16-5-2-6-17-37/h1-33,52H,53H2,(H,54,55). The molecule has 8 aromatic carbocycles. The van der Waals surface area contributed by atoms with E-state index in [-0.39, 0.29) is 0 Å². The van der Waals surface area contributed by atoms with Crippen LogP contribution < -0.4 is 11.1 Å². The first-order valence-electron chi connectivity index (χ1n) is 19.4. The molecule has 1 atom stereocenters. The maximum Gasteiger partial charge on any atom is 0.158 e. The maximum absolute atomic E-state index is 7.19. The van der Waals surface area contributed by atoms with E-state index in [9.17, 15) is 0 Å². The van der Waals surface area contributed by atoms with E-state index in [1.807, 2.05) is 12.3 Å². The quantitative estimate of drug-likeness (QED) is 0.160. The van der Waals surface area contributed by atoms with Crippen molar-refractivity contribution >= 4 is 60.2 Å². The van der Waals surface area contributed by atoms with Gasteiger partial charge in [-0.15, -0.1) is 0 Å². The summed E-state index contributed by atoms with van der Waals surface area (Å²) in [5, 5.41) is 10.8. The van der Waals surface area contributed by atoms with E-state index in [1.54, 1.807) is 0 Å². The molecule has 5 nitrogen and oxygen atoms in total. The number of rotatable bonds is 7. The predicted molar refractivity (Wildman–Crippen MR) is 239 cm³/mol. The van der Waals surface area contributed by atoms with Crippen molar-refractivity contribution in [3.8, 4) is 39.1 Å². The number of fused-ring (bicyclic) bond motifs is 7. The van der Waals surface area contributed by atoms with E-state index < -0.39 is 6.29 Å². The van der Waals surface area contributed by atoms with Crippen LogP contribution in [0.2, 0.25) is 0 Å². The summed E-state index contributed by atoms with van der Waals surface area (Å²) >= 11 is 0. The highest BCUT2D eigenvalue weighted by Gasteiger charge is 2.20. The molecular formula is C52H37N5. The molecule has 3 N–H and O–H groups in total. The van der Waals surface area contributed by atoms with Crippen molar-refractivity contribution in [2.45, 2.75) is 6.29 Å². The first kappa shape index (κ1) is 32.9. The number of hydrogen-bond acceptors (Lipinski definition) is 3. The zero-order chi connectivity index (χ0) is 37.9. The second-order valence-electron chi connectivity index (χ2n) is 14.6. The van der Waals surface area contributed by atoms with Crippen LogP contribution in [0.3, 0.4) is 0 Å². The monoisotopic (exact) mass is 731 g/mol. The zero-order valence-corrected chi connectivity index (χ0v) is 31.0. The largest absolute Gasteiger partial charge is 0.337 e. The third-order valence-electron chi connectivity index (χ3n) is 11.4. The molecule has 0 saturated carbocycles. The van der Waals surface area contributed by atoms with Crippen LogP contribution in [0.1, 0.15) is 6.29 Å². The van der Waals surface area contributed by atoms with Gasteiger partial charge >= 0.3 is 0 Å². The number of nitrogens with zero attached hydrogens (tertiary/aromatic N) is 3. The van der Waals surface area contributed by atoms with E-state index in [0.717, 1.165) is 55.4 Å². The molecular weight excluding hydrogens is 695 g/mol. The highest BCUT2D eigenvalue weighted by atomic mass is 15.3. The topological polar surface area (TPSA) is 60.8 Å². The predicted octanol–water partition coefficient (Wildman–Crippen LogP) is 13.0. The minimum atomic E-state index is -0.595. The van der Waals surface area contributed by atoms with Gasteiger partial charge in [-0.3, -0.25) is 5.73 Å². The Morgan fingerprint density at radius 1 is 0.404 bits per heavy atom. The van der Waals surface area contributed by atoms with Crippen molar-refractivity contribution < 1.29 is 0 Å². The Morgan fingerprint density at radius 3 is 1.67 bits per heavy atom. The van der Waals surface area contributed by atoms with E-state index in [2.05, 4.69) is 203 Å². The van der Waals surface area contributed by atoms with Gasteiger partial charge in [0.1, 0.15) is 5.82 Å². The fraction of sp³-hybridized carbons (Fsp3) is 0.0192. The van der Waals surface area contributed by atoms with Gasteiger partial charge in [-0.1, -0.05) is 133 Å². The average Bonchev–Trinajstić information content (AvgIpc) is 3.79. The van der Waals surface area contributed by atoms with Gasteiger partial charge in [-0.2, -0.15) is 0 Å². The van der Waals surface area contributed by atoms with Gasteiger partial charge in [0.2, 0.25) is 0 Å². The molecule has 0 fully saturated rings. The van der Waals surface area contributed by atoms with E-state index in [4.69, 9.17) is 10.7 Å². The molecule has 57 heavy (non-hydrogen) atoms. The lowest BCUT2D eigenvalue weighted by molar-refractivity contribution is 0.623. The van der Waals surface area contributed by atoms with Crippen LogP contribution in [0.25, 0.3) is 93.5 Å². The van der Waals surface area contributed by atoms with Crippen molar-refractivity contribution in [3.05, 3.63) is 200 Å². The van der Waals surface area contributed by atoms with E-state index in [1.165, 1.54) is 43.9 Å². The van der Waals surface area contributed by atoms with Crippen molar-refractivity contribution in [3.63, 3.8) is 0 Å². The Bertz CT molecular complexity index is 3290. The van der Waals surface area contributed by atoms with Crippen molar-refractivity contribution in [2.24, 2.45) is 5.73 Å². The molecule has 0 aliphatic carbocycles. The average molecular weight is 732 g/mol. The highest BCUT2D eigenvalue weighted by molar-refractivity contribution is 6.12. The van der Waals surface area contributed by atoms with Crippen LogP contribution in [0.5, 0.6) is 0 Å². The lowest BCUT2D eigenvalue weighted by Gasteiger charge is -2.21. The Labute approximate surface area is 329 Å². The number of benzene rings is 8. The summed E-state index contributed by atoms with van der Waals surface area (Å²) in [5.41, 5.74) is 19.7. The minimum absolute atomic E-state index is 0.595. The van der Waals surface area contributed by atoms with Crippen LogP contribution >= 0.6 is 0 Å². The van der Waals surface area contributed by atoms with Crippen LogP contribution in [0.4, 0.5) is 5.82 Å². The zero-order valence-electron chi connectivity index (χ0n) is 31.0. The highest BCUT2D eigenvalue weighted by Crippen LogP contribution is 2.40. The molecule has 270 valence electrons. The molecule has 5 heteroatoms. The minimum Gasteiger partial charge on any atom is -0.337 e. The third-order valence-corrected chi connectivity index (χ3v) is 11.4. The molecule has 0 amide bonds. The maximum atomic E-state index is 7.19. The summed E-state index contributed by atoms with van der Waals surface area (Å²) in [6.07, 6.45) is 1.23. The van der Waals surface area contributed by atoms with Gasteiger partial charge in [0, 0.05) is 39.0 Å². The smallest absolute Gasteiger partial charge is 0.158 e. The fourth-order valence-electron chi connectivity index (χ4n) is 8.84. The molecule has 0 bridgehead atoms. The Balaban J connectivity index is 0.995.